The van der Waals surface area contributed by atoms with Gasteiger partial charge in [0, 0.05) is 0 Å². The van der Waals surface area contributed by atoms with E-state index in [2.05, 4.69) is 6.92 Å². The topological polar surface area (TPSA) is 37.3 Å². The van der Waals surface area contributed by atoms with Crippen LogP contribution in [0.1, 0.15) is 52.4 Å². The summed E-state index contributed by atoms with van der Waals surface area (Å²) in [5.41, 5.74) is 0.356. The molecule has 2 nitrogen and oxygen atoms in total. The number of carbonyl (C=O) groups is 1. The molecule has 0 aliphatic rings. The maximum Gasteiger partial charge on any atom is 0.364 e. The lowest BCUT2D eigenvalue weighted by molar-refractivity contribution is -0.134. The standard InChI is InChI=1S/C11H19FO2/c1-3-4-5-6-7-8-9(2)10(12)11(13)14/h3-8H2,1-2H3,(H,13,14). The SMILES string of the molecule is CCCCCCCC(C)=C(F)C(=O)O. The lowest BCUT2D eigenvalue weighted by Gasteiger charge is -2.01. The Labute approximate surface area is 84.8 Å². The number of hydrogen-bond donors (Lipinski definition) is 1. The summed E-state index contributed by atoms with van der Waals surface area (Å²) < 4.78 is 12.8. The molecule has 0 saturated heterocycles. The molecule has 82 valence electrons. The second-order valence-electron chi connectivity index (χ2n) is 3.56. The van der Waals surface area contributed by atoms with Crippen molar-refractivity contribution >= 4 is 5.97 Å². The fourth-order valence-electron chi connectivity index (χ4n) is 1.29. The number of rotatable bonds is 7. The normalized spacial score (nSPS) is 12.5. The molecule has 1 N–H and O–H groups in total. The highest BCUT2D eigenvalue weighted by Crippen LogP contribution is 2.15. The Morgan fingerprint density at radius 3 is 2.29 bits per heavy atom. The Kier molecular flexibility index (Phi) is 7.07. The summed E-state index contributed by atoms with van der Waals surface area (Å²) in [6, 6.07) is 0. The van der Waals surface area contributed by atoms with Crippen molar-refractivity contribution < 1.29 is 14.3 Å². The van der Waals surface area contributed by atoms with Crippen LogP contribution in [0.4, 0.5) is 4.39 Å². The predicted octanol–water partition coefficient (Wildman–Crippen LogP) is 3.68. The van der Waals surface area contributed by atoms with Crippen LogP contribution in [0, 0.1) is 0 Å². The van der Waals surface area contributed by atoms with Crippen LogP contribution in [0.15, 0.2) is 11.4 Å². The fourth-order valence-corrected chi connectivity index (χ4v) is 1.29. The van der Waals surface area contributed by atoms with Crippen LogP contribution < -0.4 is 0 Å². The lowest BCUT2D eigenvalue weighted by Crippen LogP contribution is -1.98. The van der Waals surface area contributed by atoms with Crippen molar-refractivity contribution in [3.63, 3.8) is 0 Å². The van der Waals surface area contributed by atoms with Gasteiger partial charge in [0.05, 0.1) is 0 Å². The molecule has 0 aromatic heterocycles. The van der Waals surface area contributed by atoms with Crippen LogP contribution in [-0.4, -0.2) is 11.1 Å². The number of carboxylic acid groups (broad SMARTS) is 1. The Morgan fingerprint density at radius 1 is 1.21 bits per heavy atom. The fraction of sp³-hybridized carbons (Fsp3) is 0.727. The predicted molar refractivity (Wildman–Crippen MR) is 54.8 cm³/mol. The smallest absolute Gasteiger partial charge is 0.364 e. The molecule has 0 radical (unpaired) electrons. The average molecular weight is 202 g/mol. The van der Waals surface area contributed by atoms with E-state index in [4.69, 9.17) is 5.11 Å². The van der Waals surface area contributed by atoms with Gasteiger partial charge >= 0.3 is 5.97 Å². The first-order valence-corrected chi connectivity index (χ1v) is 5.18. The van der Waals surface area contributed by atoms with E-state index < -0.39 is 11.8 Å². The Balaban J connectivity index is 3.68. The number of halogens is 1. The number of allylic oxidation sites excluding steroid dienone is 1. The van der Waals surface area contributed by atoms with Crippen molar-refractivity contribution in [2.45, 2.75) is 52.4 Å². The molecule has 0 atom stereocenters. The first kappa shape index (κ1) is 13.1. The van der Waals surface area contributed by atoms with Gasteiger partial charge in [0.2, 0.25) is 5.83 Å². The minimum absolute atomic E-state index is 0.356. The van der Waals surface area contributed by atoms with Crippen molar-refractivity contribution in [2.24, 2.45) is 0 Å². The van der Waals surface area contributed by atoms with Gasteiger partial charge in [-0.2, -0.15) is 4.39 Å². The van der Waals surface area contributed by atoms with Crippen LogP contribution in [0.3, 0.4) is 0 Å². The Morgan fingerprint density at radius 2 is 1.79 bits per heavy atom. The maximum absolute atomic E-state index is 12.8. The highest BCUT2D eigenvalue weighted by atomic mass is 19.1. The molecule has 0 unspecified atom stereocenters. The quantitative estimate of drug-likeness (QED) is 0.505. The molecule has 0 aromatic rings. The largest absolute Gasteiger partial charge is 0.476 e. The molecule has 3 heteroatoms. The van der Waals surface area contributed by atoms with E-state index in [1.807, 2.05) is 0 Å². The summed E-state index contributed by atoms with van der Waals surface area (Å²) in [5, 5.41) is 8.36. The number of carboxylic acids is 1. The van der Waals surface area contributed by atoms with Gasteiger partial charge in [-0.25, -0.2) is 4.79 Å². The van der Waals surface area contributed by atoms with E-state index in [0.717, 1.165) is 19.3 Å². The first-order chi connectivity index (χ1) is 6.59. The van der Waals surface area contributed by atoms with Crippen molar-refractivity contribution in [1.82, 2.24) is 0 Å². The summed E-state index contributed by atoms with van der Waals surface area (Å²) in [6.07, 6.45) is 6.02. The van der Waals surface area contributed by atoms with Crippen molar-refractivity contribution in [3.05, 3.63) is 11.4 Å². The van der Waals surface area contributed by atoms with Gasteiger partial charge < -0.3 is 5.11 Å². The molecule has 0 bridgehead atoms. The Hall–Kier alpha value is -0.860. The lowest BCUT2D eigenvalue weighted by atomic mass is 10.1. The molecular formula is C11H19FO2. The van der Waals surface area contributed by atoms with Gasteiger partial charge in [-0.1, -0.05) is 32.6 Å². The van der Waals surface area contributed by atoms with Crippen LogP contribution >= 0.6 is 0 Å². The van der Waals surface area contributed by atoms with Gasteiger partial charge in [0.15, 0.2) is 0 Å². The van der Waals surface area contributed by atoms with E-state index in [1.165, 1.54) is 12.8 Å². The number of hydrogen-bond acceptors (Lipinski definition) is 1. The van der Waals surface area contributed by atoms with Gasteiger partial charge in [0.1, 0.15) is 0 Å². The molecule has 0 aliphatic heterocycles. The summed E-state index contributed by atoms with van der Waals surface area (Å²) in [6.45, 7) is 3.68. The van der Waals surface area contributed by atoms with E-state index in [-0.39, 0.29) is 0 Å². The minimum Gasteiger partial charge on any atom is -0.476 e. The Bertz CT molecular complexity index is 209. The first-order valence-electron chi connectivity index (χ1n) is 5.18. The van der Waals surface area contributed by atoms with Crippen LogP contribution in [0.25, 0.3) is 0 Å². The maximum atomic E-state index is 12.8. The molecule has 0 aliphatic carbocycles. The van der Waals surface area contributed by atoms with Crippen LogP contribution in [0.5, 0.6) is 0 Å². The number of unbranched alkanes of at least 4 members (excludes halogenated alkanes) is 4. The molecule has 0 rings (SSSR count). The molecule has 0 saturated carbocycles. The molecule has 0 spiro atoms. The highest BCUT2D eigenvalue weighted by Gasteiger charge is 2.09. The van der Waals surface area contributed by atoms with Gasteiger partial charge in [-0.15, -0.1) is 0 Å². The van der Waals surface area contributed by atoms with Gasteiger partial charge in [-0.05, 0) is 25.3 Å². The zero-order chi connectivity index (χ0) is 11.0. The molecule has 0 amide bonds. The van der Waals surface area contributed by atoms with Crippen molar-refractivity contribution in [2.75, 3.05) is 0 Å². The van der Waals surface area contributed by atoms with Crippen molar-refractivity contribution in [3.8, 4) is 0 Å². The summed E-state index contributed by atoms with van der Waals surface area (Å²) >= 11 is 0. The van der Waals surface area contributed by atoms with E-state index in [0.29, 0.717) is 12.0 Å². The third kappa shape index (κ3) is 5.73. The molecule has 0 aromatic carbocycles. The molecular weight excluding hydrogens is 183 g/mol. The summed E-state index contributed by atoms with van der Waals surface area (Å²) in [5.74, 6) is -2.43. The van der Waals surface area contributed by atoms with E-state index >= 15 is 0 Å². The second-order valence-corrected chi connectivity index (χ2v) is 3.56. The molecule has 0 fully saturated rings. The molecule has 0 heterocycles. The number of aliphatic carboxylic acids is 1. The minimum atomic E-state index is -1.45. The summed E-state index contributed by atoms with van der Waals surface area (Å²) in [4.78, 5) is 10.2. The van der Waals surface area contributed by atoms with Crippen LogP contribution in [0.2, 0.25) is 0 Å². The van der Waals surface area contributed by atoms with Crippen LogP contribution in [-0.2, 0) is 4.79 Å². The zero-order valence-electron chi connectivity index (χ0n) is 8.98. The highest BCUT2D eigenvalue weighted by molar-refractivity contribution is 5.84. The second kappa shape index (κ2) is 7.54. The zero-order valence-corrected chi connectivity index (χ0v) is 8.98. The van der Waals surface area contributed by atoms with E-state index in [9.17, 15) is 9.18 Å². The summed E-state index contributed by atoms with van der Waals surface area (Å²) in [7, 11) is 0. The van der Waals surface area contributed by atoms with Gasteiger partial charge in [0.25, 0.3) is 0 Å². The van der Waals surface area contributed by atoms with Crippen molar-refractivity contribution in [1.29, 1.82) is 0 Å². The van der Waals surface area contributed by atoms with E-state index in [1.54, 1.807) is 6.92 Å². The monoisotopic (exact) mass is 202 g/mol. The average Bonchev–Trinajstić information content (AvgIpc) is 2.16. The third-order valence-corrected chi connectivity index (χ3v) is 2.22. The van der Waals surface area contributed by atoms with Gasteiger partial charge in [-0.3, -0.25) is 0 Å². The molecule has 14 heavy (non-hydrogen) atoms. The third-order valence-electron chi connectivity index (χ3n) is 2.22.